The summed E-state index contributed by atoms with van der Waals surface area (Å²) in [7, 11) is 1.90. The van der Waals surface area contributed by atoms with Gasteiger partial charge in [0.15, 0.2) is 5.78 Å². The number of nitrogens with one attached hydrogen (secondary N) is 4. The van der Waals surface area contributed by atoms with Crippen molar-refractivity contribution < 1.29 is 9.59 Å². The van der Waals surface area contributed by atoms with Crippen LogP contribution < -0.4 is 21.3 Å². The highest BCUT2D eigenvalue weighted by Crippen LogP contribution is 2.35. The third-order valence-electron chi connectivity index (χ3n) is 6.53. The first-order valence-corrected chi connectivity index (χ1v) is 13.0. The van der Waals surface area contributed by atoms with Gasteiger partial charge < -0.3 is 21.3 Å². The molecule has 1 amide bonds. The Morgan fingerprint density at radius 1 is 0.525 bits per heavy atom. The average molecular weight is 527 g/mol. The largest absolute Gasteiger partial charge is 0.386 e. The summed E-state index contributed by atoms with van der Waals surface area (Å²) in [6.07, 6.45) is 0. The number of ketones is 1. The van der Waals surface area contributed by atoms with Crippen molar-refractivity contribution >= 4 is 45.8 Å². The normalized spacial score (nSPS) is 10.4. The molecular weight excluding hydrogens is 496 g/mol. The lowest BCUT2D eigenvalue weighted by Gasteiger charge is -2.17. The second kappa shape index (κ2) is 12.0. The van der Waals surface area contributed by atoms with Gasteiger partial charge in [-0.15, -0.1) is 0 Å². The number of carbonyl (C=O) groups excluding carboxylic acids is 2. The van der Waals surface area contributed by atoms with Crippen molar-refractivity contribution in [3.05, 3.63) is 132 Å². The second-order valence-electron chi connectivity index (χ2n) is 9.34. The van der Waals surface area contributed by atoms with Crippen LogP contribution in [0.5, 0.6) is 0 Å². The van der Waals surface area contributed by atoms with Crippen molar-refractivity contribution in [1.29, 1.82) is 0 Å². The number of para-hydroxylation sites is 2. The highest BCUT2D eigenvalue weighted by atomic mass is 16.1. The van der Waals surface area contributed by atoms with Gasteiger partial charge in [0, 0.05) is 29.5 Å². The van der Waals surface area contributed by atoms with E-state index in [2.05, 4.69) is 33.4 Å². The van der Waals surface area contributed by atoms with Crippen LogP contribution in [0, 0.1) is 0 Å². The summed E-state index contributed by atoms with van der Waals surface area (Å²) in [5.41, 5.74) is 8.10. The van der Waals surface area contributed by atoms with Crippen LogP contribution in [0.25, 0.3) is 11.1 Å². The van der Waals surface area contributed by atoms with Crippen molar-refractivity contribution in [2.75, 3.05) is 28.3 Å². The van der Waals surface area contributed by atoms with Crippen molar-refractivity contribution in [3.63, 3.8) is 0 Å². The molecule has 40 heavy (non-hydrogen) atoms. The lowest BCUT2D eigenvalue weighted by atomic mass is 10.0. The number of hydrogen-bond acceptors (Lipinski definition) is 5. The molecule has 0 aromatic heterocycles. The SMILES string of the molecule is CNc1ccc(-c2ccc(NC(=O)c3cccc(C(C)=O)c3)c(Nc3ccccc3)c2)cc1Nc1ccccc1. The fourth-order valence-corrected chi connectivity index (χ4v) is 4.41. The Morgan fingerprint density at radius 2 is 1.05 bits per heavy atom. The zero-order valence-corrected chi connectivity index (χ0v) is 22.4. The van der Waals surface area contributed by atoms with Gasteiger partial charge in [-0.3, -0.25) is 9.59 Å². The first-order valence-electron chi connectivity index (χ1n) is 13.0. The van der Waals surface area contributed by atoms with Crippen LogP contribution in [0.15, 0.2) is 121 Å². The van der Waals surface area contributed by atoms with E-state index in [0.717, 1.165) is 39.6 Å². The number of benzene rings is 5. The molecule has 5 aromatic carbocycles. The summed E-state index contributed by atoms with van der Waals surface area (Å²) in [5.74, 6) is -0.379. The lowest BCUT2D eigenvalue weighted by molar-refractivity contribution is 0.101. The molecule has 6 heteroatoms. The maximum atomic E-state index is 13.2. The van der Waals surface area contributed by atoms with Crippen LogP contribution >= 0.6 is 0 Å². The molecule has 0 aliphatic heterocycles. The Bertz CT molecular complexity index is 1650. The fourth-order valence-electron chi connectivity index (χ4n) is 4.41. The van der Waals surface area contributed by atoms with E-state index in [0.29, 0.717) is 16.8 Å². The maximum absolute atomic E-state index is 13.2. The molecule has 5 rings (SSSR count). The van der Waals surface area contributed by atoms with Crippen LogP contribution in [0.3, 0.4) is 0 Å². The number of amides is 1. The first kappa shape index (κ1) is 26.3. The minimum absolute atomic E-state index is 0.0872. The van der Waals surface area contributed by atoms with E-state index in [1.54, 1.807) is 24.3 Å². The van der Waals surface area contributed by atoms with E-state index in [-0.39, 0.29) is 11.7 Å². The topological polar surface area (TPSA) is 82.3 Å². The van der Waals surface area contributed by atoms with Crippen LogP contribution in [-0.4, -0.2) is 18.7 Å². The van der Waals surface area contributed by atoms with Crippen molar-refractivity contribution in [2.45, 2.75) is 6.92 Å². The first-order chi connectivity index (χ1) is 19.5. The highest BCUT2D eigenvalue weighted by molar-refractivity contribution is 6.08. The minimum atomic E-state index is -0.292. The summed E-state index contributed by atoms with van der Waals surface area (Å²) < 4.78 is 0. The summed E-state index contributed by atoms with van der Waals surface area (Å²) in [4.78, 5) is 25.0. The third-order valence-corrected chi connectivity index (χ3v) is 6.53. The number of anilines is 6. The van der Waals surface area contributed by atoms with Gasteiger partial charge in [-0.25, -0.2) is 0 Å². The number of rotatable bonds is 9. The molecule has 0 atom stereocenters. The van der Waals surface area contributed by atoms with Gasteiger partial charge in [0.1, 0.15) is 0 Å². The molecule has 5 aromatic rings. The van der Waals surface area contributed by atoms with Gasteiger partial charge in [-0.2, -0.15) is 0 Å². The molecule has 0 aliphatic rings. The van der Waals surface area contributed by atoms with Crippen molar-refractivity contribution in [3.8, 4) is 11.1 Å². The van der Waals surface area contributed by atoms with E-state index < -0.39 is 0 Å². The van der Waals surface area contributed by atoms with Gasteiger partial charge in [0.05, 0.1) is 22.7 Å². The van der Waals surface area contributed by atoms with Crippen LogP contribution in [0.2, 0.25) is 0 Å². The molecule has 0 aliphatic carbocycles. The van der Waals surface area contributed by atoms with E-state index in [1.807, 2.05) is 92.0 Å². The third kappa shape index (κ3) is 6.19. The van der Waals surface area contributed by atoms with E-state index in [4.69, 9.17) is 0 Å². The standard InChI is InChI=1S/C34H30N4O2/c1-23(39)24-10-9-11-27(20-24)34(40)38-31-19-17-26(22-33(31)37-29-14-7-4-8-15-29)25-16-18-30(35-2)32(21-25)36-28-12-5-3-6-13-28/h3-22,35-37H,1-2H3,(H,38,40). The molecule has 0 spiro atoms. The molecule has 198 valence electrons. The Balaban J connectivity index is 1.50. The van der Waals surface area contributed by atoms with E-state index >= 15 is 0 Å². The smallest absolute Gasteiger partial charge is 0.255 e. The number of carbonyl (C=O) groups is 2. The Kier molecular flexibility index (Phi) is 7.88. The molecule has 0 fully saturated rings. The van der Waals surface area contributed by atoms with Gasteiger partial charge in [0.2, 0.25) is 0 Å². The summed E-state index contributed by atoms with van der Waals surface area (Å²) in [6, 6.07) is 38.7. The van der Waals surface area contributed by atoms with Crippen LogP contribution in [0.4, 0.5) is 34.1 Å². The predicted octanol–water partition coefficient (Wildman–Crippen LogP) is 8.34. The maximum Gasteiger partial charge on any atom is 0.255 e. The molecule has 4 N–H and O–H groups in total. The van der Waals surface area contributed by atoms with Crippen LogP contribution in [0.1, 0.15) is 27.6 Å². The Hall–Kier alpha value is -5.36. The Morgan fingerprint density at radius 3 is 1.60 bits per heavy atom. The summed E-state index contributed by atoms with van der Waals surface area (Å²) in [5, 5.41) is 13.2. The molecular formula is C34H30N4O2. The predicted molar refractivity (Wildman–Crippen MR) is 165 cm³/mol. The second-order valence-corrected chi connectivity index (χ2v) is 9.34. The average Bonchev–Trinajstić information content (AvgIpc) is 2.99. The molecule has 0 heterocycles. The van der Waals surface area contributed by atoms with Crippen molar-refractivity contribution in [2.24, 2.45) is 0 Å². The van der Waals surface area contributed by atoms with Crippen LogP contribution in [-0.2, 0) is 0 Å². The highest BCUT2D eigenvalue weighted by Gasteiger charge is 2.14. The molecule has 0 saturated carbocycles. The Labute approximate surface area is 234 Å². The lowest BCUT2D eigenvalue weighted by Crippen LogP contribution is -2.13. The molecule has 0 unspecified atom stereocenters. The van der Waals surface area contributed by atoms with Gasteiger partial charge in [-0.1, -0.05) is 60.7 Å². The summed E-state index contributed by atoms with van der Waals surface area (Å²) >= 11 is 0. The van der Waals surface area contributed by atoms with Gasteiger partial charge in [-0.05, 0) is 78.7 Å². The summed E-state index contributed by atoms with van der Waals surface area (Å²) in [6.45, 7) is 1.49. The monoisotopic (exact) mass is 526 g/mol. The number of hydrogen-bond donors (Lipinski definition) is 4. The van der Waals surface area contributed by atoms with Crippen molar-refractivity contribution in [1.82, 2.24) is 0 Å². The minimum Gasteiger partial charge on any atom is -0.386 e. The fraction of sp³-hybridized carbons (Fsp3) is 0.0588. The molecule has 0 radical (unpaired) electrons. The van der Waals surface area contributed by atoms with E-state index in [1.165, 1.54) is 6.92 Å². The van der Waals surface area contributed by atoms with Gasteiger partial charge in [0.25, 0.3) is 5.91 Å². The quantitative estimate of drug-likeness (QED) is 0.145. The van der Waals surface area contributed by atoms with E-state index in [9.17, 15) is 9.59 Å². The molecule has 6 nitrogen and oxygen atoms in total. The molecule has 0 saturated heterocycles. The number of Topliss-reactive ketones (excluding diaryl/α,β-unsaturated/α-hetero) is 1. The zero-order chi connectivity index (χ0) is 27.9. The van der Waals surface area contributed by atoms with Gasteiger partial charge >= 0.3 is 0 Å². The zero-order valence-electron chi connectivity index (χ0n) is 22.4. The molecule has 0 bridgehead atoms.